The predicted molar refractivity (Wildman–Crippen MR) is 148 cm³/mol. The van der Waals surface area contributed by atoms with Crippen LogP contribution >= 0.6 is 11.3 Å². The van der Waals surface area contributed by atoms with Crippen LogP contribution < -0.4 is 0 Å². The molecule has 2 N–H and O–H groups in total. The molecule has 4 aliphatic rings. The standard InChI is InChI=1S/C31H46N2O3S/c1-5-18(6-9-28-33-24-17-32-13-11-26(24)37-28)21-7-8-22-29-23(16-27(36-4)31(21,22)3)30(2)12-10-20(34)14-19(30)15-25(29)35/h11,13,17-23,25,27,29,34-35H,5-10,12,14-16H2,1-4H3/t18?,19-,20+,21+,22-,23-,25+,27-,29-,30-,31+/m0/s1. The van der Waals surface area contributed by atoms with Crippen molar-refractivity contribution in [1.29, 1.82) is 0 Å². The first-order valence-corrected chi connectivity index (χ1v) is 15.7. The molecule has 2 aromatic rings. The molecule has 4 saturated carbocycles. The summed E-state index contributed by atoms with van der Waals surface area (Å²) in [5, 5.41) is 23.3. The van der Waals surface area contributed by atoms with Crippen molar-refractivity contribution in [2.24, 2.45) is 46.3 Å². The van der Waals surface area contributed by atoms with Gasteiger partial charge in [-0.05, 0) is 105 Å². The lowest BCUT2D eigenvalue weighted by atomic mass is 9.43. The lowest BCUT2D eigenvalue weighted by molar-refractivity contribution is -0.213. The number of hydrogen-bond acceptors (Lipinski definition) is 6. The van der Waals surface area contributed by atoms with Crippen LogP contribution in [0.15, 0.2) is 18.5 Å². The number of fused-ring (bicyclic) bond motifs is 6. The highest BCUT2D eigenvalue weighted by atomic mass is 32.1. The quantitative estimate of drug-likeness (QED) is 0.464. The fourth-order valence-corrected chi connectivity index (χ4v) is 11.2. The first kappa shape index (κ1) is 26.2. The maximum atomic E-state index is 11.6. The second-order valence-corrected chi connectivity index (χ2v) is 14.5. The average molecular weight is 527 g/mol. The van der Waals surface area contributed by atoms with Gasteiger partial charge in [-0.3, -0.25) is 4.98 Å². The molecule has 4 fully saturated rings. The van der Waals surface area contributed by atoms with Crippen LogP contribution in [0.4, 0.5) is 0 Å². The van der Waals surface area contributed by atoms with Gasteiger partial charge in [0.25, 0.3) is 0 Å². The maximum Gasteiger partial charge on any atom is 0.0998 e. The molecule has 6 rings (SSSR count). The molecule has 0 bridgehead atoms. The highest BCUT2D eigenvalue weighted by molar-refractivity contribution is 7.18. The minimum absolute atomic E-state index is 0.104. The zero-order valence-corrected chi connectivity index (χ0v) is 23.9. The third-order valence-electron chi connectivity index (χ3n) is 12.1. The van der Waals surface area contributed by atoms with Crippen LogP contribution in [-0.4, -0.2) is 45.6 Å². The number of rotatable bonds is 6. The van der Waals surface area contributed by atoms with Gasteiger partial charge in [-0.25, -0.2) is 4.98 Å². The Hall–Kier alpha value is -1.08. The first-order chi connectivity index (χ1) is 17.8. The Morgan fingerprint density at radius 1 is 1.14 bits per heavy atom. The summed E-state index contributed by atoms with van der Waals surface area (Å²) >= 11 is 1.82. The highest BCUT2D eigenvalue weighted by Gasteiger charge is 2.66. The van der Waals surface area contributed by atoms with Gasteiger partial charge >= 0.3 is 0 Å². The number of nitrogens with zero attached hydrogens (tertiary/aromatic N) is 2. The Morgan fingerprint density at radius 3 is 2.73 bits per heavy atom. The molecule has 0 radical (unpaired) electrons. The molecule has 37 heavy (non-hydrogen) atoms. The molecule has 2 aromatic heterocycles. The van der Waals surface area contributed by atoms with Crippen LogP contribution in [0.5, 0.6) is 0 Å². The number of aliphatic hydroxyl groups is 2. The van der Waals surface area contributed by atoms with E-state index >= 15 is 0 Å². The summed E-state index contributed by atoms with van der Waals surface area (Å²) < 4.78 is 7.65. The van der Waals surface area contributed by atoms with Crippen molar-refractivity contribution in [3.8, 4) is 0 Å². The van der Waals surface area contributed by atoms with Gasteiger partial charge < -0.3 is 14.9 Å². The summed E-state index contributed by atoms with van der Waals surface area (Å²) in [5.41, 5.74) is 1.34. The van der Waals surface area contributed by atoms with Crippen LogP contribution in [0.1, 0.15) is 83.6 Å². The zero-order chi connectivity index (χ0) is 25.9. The van der Waals surface area contributed by atoms with E-state index in [1.54, 1.807) is 0 Å². The Bertz CT molecular complexity index is 1070. The van der Waals surface area contributed by atoms with E-state index in [0.717, 1.165) is 44.0 Å². The topological polar surface area (TPSA) is 75.5 Å². The van der Waals surface area contributed by atoms with Crippen molar-refractivity contribution in [3.05, 3.63) is 23.5 Å². The molecule has 2 heterocycles. The number of aryl methyl sites for hydroxylation is 1. The molecule has 5 nitrogen and oxygen atoms in total. The van der Waals surface area contributed by atoms with Gasteiger partial charge in [0.1, 0.15) is 0 Å². The normalized spacial score (nSPS) is 44.3. The van der Waals surface area contributed by atoms with Crippen LogP contribution in [0.25, 0.3) is 10.2 Å². The number of hydrogen-bond donors (Lipinski definition) is 2. The maximum absolute atomic E-state index is 11.6. The third kappa shape index (κ3) is 4.11. The largest absolute Gasteiger partial charge is 0.393 e. The third-order valence-corrected chi connectivity index (χ3v) is 13.2. The predicted octanol–water partition coefficient (Wildman–Crippen LogP) is 6.27. The van der Waals surface area contributed by atoms with Crippen LogP contribution in [0.3, 0.4) is 0 Å². The van der Waals surface area contributed by atoms with Crippen molar-refractivity contribution < 1.29 is 14.9 Å². The minimum Gasteiger partial charge on any atom is -0.393 e. The van der Waals surface area contributed by atoms with Gasteiger partial charge in [0.15, 0.2) is 0 Å². The second kappa shape index (κ2) is 9.83. The smallest absolute Gasteiger partial charge is 0.0998 e. The van der Waals surface area contributed by atoms with Crippen LogP contribution in [0, 0.1) is 46.3 Å². The molecule has 4 aliphatic carbocycles. The van der Waals surface area contributed by atoms with E-state index in [9.17, 15) is 10.2 Å². The minimum atomic E-state index is -0.245. The molecular formula is C31H46N2O3S. The summed E-state index contributed by atoms with van der Waals surface area (Å²) in [4.78, 5) is 9.11. The number of aromatic nitrogens is 2. The zero-order valence-electron chi connectivity index (χ0n) is 23.1. The summed E-state index contributed by atoms with van der Waals surface area (Å²) in [6.07, 6.45) is 14.2. The Balaban J connectivity index is 1.25. The molecule has 0 saturated heterocycles. The van der Waals surface area contributed by atoms with Crippen LogP contribution in [0.2, 0.25) is 0 Å². The van der Waals surface area contributed by atoms with E-state index < -0.39 is 0 Å². The van der Waals surface area contributed by atoms with Crippen molar-refractivity contribution in [1.82, 2.24) is 9.97 Å². The number of aliphatic hydroxyl groups excluding tert-OH is 2. The molecule has 0 spiro atoms. The lowest BCUT2D eigenvalue weighted by Gasteiger charge is -2.64. The van der Waals surface area contributed by atoms with E-state index in [1.165, 1.54) is 35.4 Å². The average Bonchev–Trinajstić information content (AvgIpc) is 3.46. The van der Waals surface area contributed by atoms with Crippen LogP contribution in [-0.2, 0) is 11.2 Å². The summed E-state index contributed by atoms with van der Waals surface area (Å²) in [6, 6.07) is 2.07. The molecule has 11 atom stereocenters. The van der Waals surface area contributed by atoms with E-state index in [2.05, 4.69) is 31.8 Å². The van der Waals surface area contributed by atoms with E-state index in [0.29, 0.717) is 35.5 Å². The van der Waals surface area contributed by atoms with Gasteiger partial charge in [0, 0.05) is 18.7 Å². The summed E-state index contributed by atoms with van der Waals surface area (Å²) in [6.45, 7) is 7.38. The van der Waals surface area contributed by atoms with Gasteiger partial charge in [-0.15, -0.1) is 11.3 Å². The fraction of sp³-hybridized carbons (Fsp3) is 0.806. The van der Waals surface area contributed by atoms with E-state index in [1.807, 2.05) is 30.8 Å². The van der Waals surface area contributed by atoms with E-state index in [4.69, 9.17) is 9.72 Å². The monoisotopic (exact) mass is 526 g/mol. The van der Waals surface area contributed by atoms with Gasteiger partial charge in [0.2, 0.25) is 0 Å². The summed E-state index contributed by atoms with van der Waals surface area (Å²) in [7, 11) is 1.93. The molecule has 0 amide bonds. The van der Waals surface area contributed by atoms with Crippen molar-refractivity contribution in [2.45, 2.75) is 103 Å². The molecule has 0 aromatic carbocycles. The highest BCUT2D eigenvalue weighted by Crippen LogP contribution is 2.69. The number of thiazole rings is 1. The van der Waals surface area contributed by atoms with Gasteiger partial charge in [-0.2, -0.15) is 0 Å². The molecule has 0 aliphatic heterocycles. The van der Waals surface area contributed by atoms with Gasteiger partial charge in [0.05, 0.1) is 39.7 Å². The number of ether oxygens (including phenoxy) is 1. The van der Waals surface area contributed by atoms with Crippen molar-refractivity contribution >= 4 is 21.6 Å². The Morgan fingerprint density at radius 2 is 1.97 bits per heavy atom. The molecule has 204 valence electrons. The fourth-order valence-electron chi connectivity index (χ4n) is 10.2. The van der Waals surface area contributed by atoms with Gasteiger partial charge in [-0.1, -0.05) is 27.2 Å². The summed E-state index contributed by atoms with van der Waals surface area (Å²) in [5.74, 6) is 3.07. The Kier molecular flexibility index (Phi) is 6.95. The number of methoxy groups -OCH3 is 1. The second-order valence-electron chi connectivity index (χ2n) is 13.4. The first-order valence-electron chi connectivity index (χ1n) is 14.9. The SMILES string of the molecule is CCC(CCc1nc2cnccc2s1)[C@H]1CC[C@H]2[C@@H]3[C@H](O)C[C@@H]4C[C@H](O)CC[C@]4(C)[C@H]3C[C@H](OC)[C@]12C. The van der Waals surface area contributed by atoms with Crippen molar-refractivity contribution in [3.63, 3.8) is 0 Å². The van der Waals surface area contributed by atoms with Crippen molar-refractivity contribution in [2.75, 3.05) is 7.11 Å². The molecule has 1 unspecified atom stereocenters. The van der Waals surface area contributed by atoms with E-state index in [-0.39, 0.29) is 29.1 Å². The lowest BCUT2D eigenvalue weighted by Crippen LogP contribution is -2.62. The Labute approximate surface area is 226 Å². The molecule has 6 heteroatoms. The number of pyridine rings is 1. The molecular weight excluding hydrogens is 480 g/mol.